The lowest BCUT2D eigenvalue weighted by atomic mass is 9.79. The standard InChI is InChI=1S/C13H26N2/c1-14-13(7-3-2-4-8-13)9-12-15-10-5-6-11-15/h14H,2-12H2,1H3. The first-order valence-electron chi connectivity index (χ1n) is 6.76. The SMILES string of the molecule is CNC1(CCN2CCCC2)CCCCC1. The third-order valence-corrected chi connectivity index (χ3v) is 4.45. The lowest BCUT2D eigenvalue weighted by molar-refractivity contribution is 0.196. The summed E-state index contributed by atoms with van der Waals surface area (Å²) in [5.41, 5.74) is 0.487. The highest BCUT2D eigenvalue weighted by Gasteiger charge is 2.30. The summed E-state index contributed by atoms with van der Waals surface area (Å²) in [4.78, 5) is 2.65. The van der Waals surface area contributed by atoms with E-state index in [0.717, 1.165) is 0 Å². The number of rotatable bonds is 4. The summed E-state index contributed by atoms with van der Waals surface area (Å²) in [6, 6.07) is 0. The van der Waals surface area contributed by atoms with Crippen molar-refractivity contribution in [2.75, 3.05) is 26.7 Å². The van der Waals surface area contributed by atoms with Gasteiger partial charge in [0.2, 0.25) is 0 Å². The average molecular weight is 210 g/mol. The van der Waals surface area contributed by atoms with Gasteiger partial charge in [-0.15, -0.1) is 0 Å². The van der Waals surface area contributed by atoms with Crippen LogP contribution in [-0.2, 0) is 0 Å². The summed E-state index contributed by atoms with van der Waals surface area (Å²) in [7, 11) is 2.16. The summed E-state index contributed by atoms with van der Waals surface area (Å²) in [5.74, 6) is 0. The van der Waals surface area contributed by atoms with Gasteiger partial charge in [0, 0.05) is 5.54 Å². The smallest absolute Gasteiger partial charge is 0.0190 e. The van der Waals surface area contributed by atoms with Crippen molar-refractivity contribution < 1.29 is 0 Å². The van der Waals surface area contributed by atoms with E-state index in [1.165, 1.54) is 71.0 Å². The van der Waals surface area contributed by atoms with Gasteiger partial charge in [-0.3, -0.25) is 0 Å². The molecule has 0 aromatic rings. The molecule has 0 radical (unpaired) electrons. The summed E-state index contributed by atoms with van der Waals surface area (Å²) in [6.07, 6.45) is 11.3. The van der Waals surface area contributed by atoms with Gasteiger partial charge in [-0.05, 0) is 58.8 Å². The van der Waals surface area contributed by atoms with Crippen molar-refractivity contribution in [2.45, 2.75) is 56.9 Å². The summed E-state index contributed by atoms with van der Waals surface area (Å²) in [6.45, 7) is 4.01. The first-order chi connectivity index (χ1) is 7.35. The van der Waals surface area contributed by atoms with E-state index in [1.807, 2.05) is 0 Å². The Morgan fingerprint density at radius 2 is 1.67 bits per heavy atom. The van der Waals surface area contributed by atoms with Gasteiger partial charge in [-0.2, -0.15) is 0 Å². The molecule has 2 nitrogen and oxygen atoms in total. The van der Waals surface area contributed by atoms with E-state index in [2.05, 4.69) is 17.3 Å². The lowest BCUT2D eigenvalue weighted by Gasteiger charge is -2.38. The molecule has 0 spiro atoms. The topological polar surface area (TPSA) is 15.3 Å². The Morgan fingerprint density at radius 1 is 1.00 bits per heavy atom. The molecule has 15 heavy (non-hydrogen) atoms. The molecule has 88 valence electrons. The molecule has 2 fully saturated rings. The van der Waals surface area contributed by atoms with Crippen LogP contribution >= 0.6 is 0 Å². The number of hydrogen-bond donors (Lipinski definition) is 1. The monoisotopic (exact) mass is 210 g/mol. The minimum absolute atomic E-state index is 0.487. The molecule has 0 aromatic heterocycles. The van der Waals surface area contributed by atoms with Gasteiger partial charge in [0.1, 0.15) is 0 Å². The van der Waals surface area contributed by atoms with E-state index >= 15 is 0 Å². The highest BCUT2D eigenvalue weighted by atomic mass is 15.1. The predicted molar refractivity (Wildman–Crippen MR) is 65.2 cm³/mol. The van der Waals surface area contributed by atoms with E-state index in [0.29, 0.717) is 5.54 Å². The summed E-state index contributed by atoms with van der Waals surface area (Å²) < 4.78 is 0. The van der Waals surface area contributed by atoms with Crippen LogP contribution in [0.1, 0.15) is 51.4 Å². The van der Waals surface area contributed by atoms with Gasteiger partial charge in [0.15, 0.2) is 0 Å². The third-order valence-electron chi connectivity index (χ3n) is 4.45. The van der Waals surface area contributed by atoms with E-state index < -0.39 is 0 Å². The molecule has 0 atom stereocenters. The maximum Gasteiger partial charge on any atom is 0.0190 e. The Labute approximate surface area is 94.4 Å². The fourth-order valence-electron chi connectivity index (χ4n) is 3.23. The van der Waals surface area contributed by atoms with Gasteiger partial charge < -0.3 is 10.2 Å². The highest BCUT2D eigenvalue weighted by Crippen LogP contribution is 2.31. The normalized spacial score (nSPS) is 27.0. The lowest BCUT2D eigenvalue weighted by Crippen LogP contribution is -2.46. The fraction of sp³-hybridized carbons (Fsp3) is 1.00. The van der Waals surface area contributed by atoms with Crippen molar-refractivity contribution in [3.05, 3.63) is 0 Å². The quantitative estimate of drug-likeness (QED) is 0.766. The Balaban J connectivity index is 1.78. The van der Waals surface area contributed by atoms with Crippen LogP contribution in [0.4, 0.5) is 0 Å². The zero-order chi connectivity index (χ0) is 10.6. The minimum Gasteiger partial charge on any atom is -0.314 e. The second-order valence-electron chi connectivity index (χ2n) is 5.39. The van der Waals surface area contributed by atoms with E-state index in [4.69, 9.17) is 0 Å². The van der Waals surface area contributed by atoms with E-state index in [1.54, 1.807) is 0 Å². The van der Waals surface area contributed by atoms with E-state index in [9.17, 15) is 0 Å². The first-order valence-corrected chi connectivity index (χ1v) is 6.76. The number of likely N-dealkylation sites (tertiary alicyclic amines) is 1. The zero-order valence-electron chi connectivity index (χ0n) is 10.2. The van der Waals surface area contributed by atoms with Crippen molar-refractivity contribution in [1.29, 1.82) is 0 Å². The van der Waals surface area contributed by atoms with Crippen molar-refractivity contribution >= 4 is 0 Å². The second-order valence-corrected chi connectivity index (χ2v) is 5.39. The molecule has 0 amide bonds. The van der Waals surface area contributed by atoms with Crippen LogP contribution in [0.5, 0.6) is 0 Å². The molecule has 0 aromatic carbocycles. The predicted octanol–water partition coefficient (Wildman–Crippen LogP) is 2.39. The fourth-order valence-corrected chi connectivity index (χ4v) is 3.23. The zero-order valence-corrected chi connectivity index (χ0v) is 10.2. The molecule has 1 N–H and O–H groups in total. The van der Waals surface area contributed by atoms with Gasteiger partial charge in [-0.1, -0.05) is 19.3 Å². The van der Waals surface area contributed by atoms with Crippen LogP contribution in [-0.4, -0.2) is 37.1 Å². The molecule has 2 rings (SSSR count). The summed E-state index contributed by atoms with van der Waals surface area (Å²) >= 11 is 0. The summed E-state index contributed by atoms with van der Waals surface area (Å²) in [5, 5.41) is 3.61. The van der Waals surface area contributed by atoms with Gasteiger partial charge >= 0.3 is 0 Å². The Morgan fingerprint density at radius 3 is 2.27 bits per heavy atom. The second kappa shape index (κ2) is 5.31. The Hall–Kier alpha value is -0.0800. The molecule has 0 bridgehead atoms. The molecule has 1 aliphatic heterocycles. The first kappa shape index (κ1) is 11.4. The third kappa shape index (κ3) is 2.94. The van der Waals surface area contributed by atoms with Crippen molar-refractivity contribution in [3.8, 4) is 0 Å². The molecular formula is C13H26N2. The molecule has 1 saturated carbocycles. The average Bonchev–Trinajstić information content (AvgIpc) is 2.81. The van der Waals surface area contributed by atoms with Crippen molar-refractivity contribution in [2.24, 2.45) is 0 Å². The van der Waals surface area contributed by atoms with Gasteiger partial charge in [-0.25, -0.2) is 0 Å². The number of nitrogens with zero attached hydrogens (tertiary/aromatic N) is 1. The van der Waals surface area contributed by atoms with E-state index in [-0.39, 0.29) is 0 Å². The number of nitrogens with one attached hydrogen (secondary N) is 1. The van der Waals surface area contributed by atoms with Crippen molar-refractivity contribution in [1.82, 2.24) is 10.2 Å². The Kier molecular flexibility index (Phi) is 4.04. The number of hydrogen-bond acceptors (Lipinski definition) is 2. The van der Waals surface area contributed by atoms with Crippen LogP contribution in [0.25, 0.3) is 0 Å². The van der Waals surface area contributed by atoms with Crippen LogP contribution in [0, 0.1) is 0 Å². The van der Waals surface area contributed by atoms with Crippen LogP contribution in [0.2, 0.25) is 0 Å². The largest absolute Gasteiger partial charge is 0.314 e. The molecule has 2 aliphatic rings. The highest BCUT2D eigenvalue weighted by molar-refractivity contribution is 4.90. The maximum atomic E-state index is 3.61. The Bertz CT molecular complexity index is 179. The van der Waals surface area contributed by atoms with Crippen molar-refractivity contribution in [3.63, 3.8) is 0 Å². The molecule has 1 saturated heterocycles. The molecular weight excluding hydrogens is 184 g/mol. The van der Waals surface area contributed by atoms with Gasteiger partial charge in [0.05, 0.1) is 0 Å². The van der Waals surface area contributed by atoms with Crippen LogP contribution < -0.4 is 5.32 Å². The van der Waals surface area contributed by atoms with Crippen LogP contribution in [0.3, 0.4) is 0 Å². The minimum atomic E-state index is 0.487. The molecule has 1 aliphatic carbocycles. The molecule has 0 unspecified atom stereocenters. The van der Waals surface area contributed by atoms with Gasteiger partial charge in [0.25, 0.3) is 0 Å². The molecule has 2 heteroatoms. The molecule has 1 heterocycles. The maximum absolute atomic E-state index is 3.61. The van der Waals surface area contributed by atoms with Crippen LogP contribution in [0.15, 0.2) is 0 Å².